The third kappa shape index (κ3) is 3.62. The molecule has 0 aromatic carbocycles. The smallest absolute Gasteiger partial charge is 0.240 e. The van der Waals surface area contributed by atoms with E-state index in [0.717, 1.165) is 31.7 Å². The standard InChI is InChI=1S/C13H24N2O2S/c1-17-8-7-15(11-5-9-18-10-11)13(16)12-4-2-3-6-14-12/h11-12,14H,2-10H2,1H3. The van der Waals surface area contributed by atoms with Crippen LogP contribution in [0.3, 0.4) is 0 Å². The largest absolute Gasteiger partial charge is 0.383 e. The fourth-order valence-electron chi connectivity index (χ4n) is 2.69. The molecule has 104 valence electrons. The van der Waals surface area contributed by atoms with Crippen molar-refractivity contribution in [3.05, 3.63) is 0 Å². The van der Waals surface area contributed by atoms with Gasteiger partial charge in [0.25, 0.3) is 0 Å². The van der Waals surface area contributed by atoms with Crippen molar-refractivity contribution < 1.29 is 9.53 Å². The number of thioether (sulfide) groups is 1. The molecule has 2 heterocycles. The maximum absolute atomic E-state index is 12.6. The molecule has 2 unspecified atom stereocenters. The van der Waals surface area contributed by atoms with Gasteiger partial charge in [0.05, 0.1) is 12.6 Å². The van der Waals surface area contributed by atoms with Crippen LogP contribution in [0.5, 0.6) is 0 Å². The number of hydrogen-bond acceptors (Lipinski definition) is 4. The molecule has 2 saturated heterocycles. The first-order valence-electron chi connectivity index (χ1n) is 6.93. The van der Waals surface area contributed by atoms with Gasteiger partial charge in [0.15, 0.2) is 0 Å². The average Bonchev–Trinajstić information content (AvgIpc) is 2.94. The summed E-state index contributed by atoms with van der Waals surface area (Å²) in [5.41, 5.74) is 0. The number of rotatable bonds is 5. The van der Waals surface area contributed by atoms with E-state index in [4.69, 9.17) is 4.74 Å². The van der Waals surface area contributed by atoms with Crippen LogP contribution in [0.2, 0.25) is 0 Å². The van der Waals surface area contributed by atoms with Gasteiger partial charge in [-0.1, -0.05) is 6.42 Å². The van der Waals surface area contributed by atoms with E-state index < -0.39 is 0 Å². The maximum Gasteiger partial charge on any atom is 0.240 e. The summed E-state index contributed by atoms with van der Waals surface area (Å²) >= 11 is 1.95. The number of methoxy groups -OCH3 is 1. The van der Waals surface area contributed by atoms with E-state index in [0.29, 0.717) is 18.6 Å². The van der Waals surface area contributed by atoms with Crippen LogP contribution in [0.25, 0.3) is 0 Å². The SMILES string of the molecule is COCCN(C(=O)C1CCCCN1)C1CCSC1. The van der Waals surface area contributed by atoms with Crippen LogP contribution in [0.1, 0.15) is 25.7 Å². The molecular weight excluding hydrogens is 248 g/mol. The lowest BCUT2D eigenvalue weighted by molar-refractivity contribution is -0.136. The maximum atomic E-state index is 12.6. The van der Waals surface area contributed by atoms with Crippen LogP contribution >= 0.6 is 11.8 Å². The summed E-state index contributed by atoms with van der Waals surface area (Å²) in [5.74, 6) is 2.56. The molecular formula is C13H24N2O2S. The van der Waals surface area contributed by atoms with Crippen molar-refractivity contribution in [1.29, 1.82) is 0 Å². The molecule has 18 heavy (non-hydrogen) atoms. The van der Waals surface area contributed by atoms with Crippen LogP contribution in [-0.2, 0) is 9.53 Å². The highest BCUT2D eigenvalue weighted by molar-refractivity contribution is 7.99. The summed E-state index contributed by atoms with van der Waals surface area (Å²) < 4.78 is 5.15. The molecule has 5 heteroatoms. The summed E-state index contributed by atoms with van der Waals surface area (Å²) in [7, 11) is 1.70. The minimum atomic E-state index is 0.0428. The van der Waals surface area contributed by atoms with E-state index in [9.17, 15) is 4.79 Å². The van der Waals surface area contributed by atoms with Gasteiger partial charge in [0.2, 0.25) is 5.91 Å². The molecule has 0 bridgehead atoms. The average molecular weight is 272 g/mol. The Morgan fingerprint density at radius 2 is 2.33 bits per heavy atom. The summed E-state index contributed by atoms with van der Waals surface area (Å²) in [4.78, 5) is 14.7. The zero-order valence-corrected chi connectivity index (χ0v) is 12.0. The fraction of sp³-hybridized carbons (Fsp3) is 0.923. The van der Waals surface area contributed by atoms with E-state index in [1.165, 1.54) is 18.6 Å². The molecule has 2 aliphatic heterocycles. The predicted octanol–water partition coefficient (Wildman–Crippen LogP) is 1.11. The molecule has 1 N–H and O–H groups in total. The number of piperidine rings is 1. The van der Waals surface area contributed by atoms with Crippen molar-refractivity contribution in [2.45, 2.75) is 37.8 Å². The summed E-state index contributed by atoms with van der Waals surface area (Å²) in [6.07, 6.45) is 4.48. The highest BCUT2D eigenvalue weighted by Gasteiger charge is 2.31. The minimum absolute atomic E-state index is 0.0428. The second-order valence-corrected chi connectivity index (χ2v) is 6.19. The number of nitrogens with zero attached hydrogens (tertiary/aromatic N) is 1. The number of amides is 1. The first kappa shape index (κ1) is 14.2. The van der Waals surface area contributed by atoms with Crippen LogP contribution in [0.4, 0.5) is 0 Å². The Labute approximate surface area is 114 Å². The monoisotopic (exact) mass is 272 g/mol. The van der Waals surface area contributed by atoms with E-state index in [2.05, 4.69) is 10.2 Å². The lowest BCUT2D eigenvalue weighted by atomic mass is 10.0. The van der Waals surface area contributed by atoms with Crippen molar-refractivity contribution >= 4 is 17.7 Å². The molecule has 0 aliphatic carbocycles. The number of carbonyl (C=O) groups is 1. The molecule has 0 aromatic rings. The molecule has 4 nitrogen and oxygen atoms in total. The number of hydrogen-bond donors (Lipinski definition) is 1. The van der Waals surface area contributed by atoms with Gasteiger partial charge < -0.3 is 15.0 Å². The zero-order chi connectivity index (χ0) is 12.8. The van der Waals surface area contributed by atoms with Gasteiger partial charge in [-0.2, -0.15) is 11.8 Å². The summed E-state index contributed by atoms with van der Waals surface area (Å²) in [6.45, 7) is 2.35. The zero-order valence-electron chi connectivity index (χ0n) is 11.2. The Bertz CT molecular complexity index is 264. The van der Waals surface area contributed by atoms with Crippen LogP contribution < -0.4 is 5.32 Å². The molecule has 2 fully saturated rings. The van der Waals surface area contributed by atoms with E-state index >= 15 is 0 Å². The van der Waals surface area contributed by atoms with Crippen molar-refractivity contribution in [2.75, 3.05) is 38.3 Å². The Morgan fingerprint density at radius 1 is 1.44 bits per heavy atom. The Balaban J connectivity index is 1.94. The Hall–Kier alpha value is -0.260. The molecule has 2 aliphatic rings. The van der Waals surface area contributed by atoms with Crippen LogP contribution in [0, 0.1) is 0 Å². The van der Waals surface area contributed by atoms with Gasteiger partial charge in [-0.25, -0.2) is 0 Å². The number of carbonyl (C=O) groups excluding carboxylic acids is 1. The van der Waals surface area contributed by atoms with Crippen molar-refractivity contribution in [2.24, 2.45) is 0 Å². The Kier molecular flexibility index (Phi) is 5.79. The first-order valence-corrected chi connectivity index (χ1v) is 8.09. The minimum Gasteiger partial charge on any atom is -0.383 e. The molecule has 2 rings (SSSR count). The van der Waals surface area contributed by atoms with E-state index in [-0.39, 0.29) is 6.04 Å². The second kappa shape index (κ2) is 7.36. The van der Waals surface area contributed by atoms with Crippen LogP contribution in [0.15, 0.2) is 0 Å². The highest BCUT2D eigenvalue weighted by atomic mass is 32.2. The fourth-order valence-corrected chi connectivity index (χ4v) is 3.92. The van der Waals surface area contributed by atoms with Crippen molar-refractivity contribution in [3.63, 3.8) is 0 Å². The lowest BCUT2D eigenvalue weighted by Gasteiger charge is -2.33. The van der Waals surface area contributed by atoms with Crippen molar-refractivity contribution in [3.8, 4) is 0 Å². The van der Waals surface area contributed by atoms with Gasteiger partial charge in [0.1, 0.15) is 0 Å². The van der Waals surface area contributed by atoms with E-state index in [1.54, 1.807) is 7.11 Å². The summed E-state index contributed by atoms with van der Waals surface area (Å²) in [6, 6.07) is 0.461. The quantitative estimate of drug-likeness (QED) is 0.814. The van der Waals surface area contributed by atoms with Gasteiger partial charge in [-0.15, -0.1) is 0 Å². The number of nitrogens with one attached hydrogen (secondary N) is 1. The van der Waals surface area contributed by atoms with Gasteiger partial charge in [0, 0.05) is 25.4 Å². The third-order valence-electron chi connectivity index (χ3n) is 3.77. The predicted molar refractivity (Wildman–Crippen MR) is 75.0 cm³/mol. The van der Waals surface area contributed by atoms with Gasteiger partial charge in [-0.3, -0.25) is 4.79 Å². The van der Waals surface area contributed by atoms with Crippen molar-refractivity contribution in [1.82, 2.24) is 10.2 Å². The molecule has 1 amide bonds. The number of ether oxygens (including phenoxy) is 1. The summed E-state index contributed by atoms with van der Waals surface area (Å²) in [5, 5.41) is 3.36. The molecule has 0 saturated carbocycles. The first-order chi connectivity index (χ1) is 8.83. The van der Waals surface area contributed by atoms with Gasteiger partial charge in [-0.05, 0) is 31.6 Å². The lowest BCUT2D eigenvalue weighted by Crippen LogP contribution is -2.52. The Morgan fingerprint density at radius 3 is 2.94 bits per heavy atom. The molecule has 2 atom stereocenters. The molecule has 0 aromatic heterocycles. The normalized spacial score (nSPS) is 28.3. The highest BCUT2D eigenvalue weighted by Crippen LogP contribution is 2.23. The second-order valence-electron chi connectivity index (χ2n) is 5.04. The molecule has 0 spiro atoms. The molecule has 0 radical (unpaired) electrons. The topological polar surface area (TPSA) is 41.6 Å². The van der Waals surface area contributed by atoms with Gasteiger partial charge >= 0.3 is 0 Å². The van der Waals surface area contributed by atoms with Crippen LogP contribution in [-0.4, -0.2) is 61.2 Å². The van der Waals surface area contributed by atoms with E-state index in [1.807, 2.05) is 11.8 Å². The third-order valence-corrected chi connectivity index (χ3v) is 4.92.